The van der Waals surface area contributed by atoms with E-state index in [0.29, 0.717) is 12.2 Å². The maximum Gasteiger partial charge on any atom is 0.412 e. The Kier molecular flexibility index (Phi) is 8.66. The number of amides is 2. The summed E-state index contributed by atoms with van der Waals surface area (Å²) in [6, 6.07) is 27.7. The molecule has 0 aromatic heterocycles. The van der Waals surface area contributed by atoms with Crippen LogP contribution in [0.25, 0.3) is 0 Å². The van der Waals surface area contributed by atoms with Crippen molar-refractivity contribution in [1.82, 2.24) is 4.90 Å². The number of nitrogens with one attached hydrogen (secondary N) is 1. The Morgan fingerprint density at radius 3 is 2.00 bits per heavy atom. The van der Waals surface area contributed by atoms with E-state index in [-0.39, 0.29) is 24.4 Å². The Bertz CT molecular complexity index is 1090. The summed E-state index contributed by atoms with van der Waals surface area (Å²) >= 11 is 0. The first kappa shape index (κ1) is 26.0. The van der Waals surface area contributed by atoms with Crippen LogP contribution in [0.2, 0.25) is 0 Å². The largest absolute Gasteiger partial charge is 0.444 e. The van der Waals surface area contributed by atoms with Crippen molar-refractivity contribution in [2.45, 2.75) is 58.3 Å². The molecule has 35 heavy (non-hydrogen) atoms. The monoisotopic (exact) mass is 473 g/mol. The molecule has 0 aliphatic rings. The second-order valence-electron chi connectivity index (χ2n) is 9.68. The van der Waals surface area contributed by atoms with Gasteiger partial charge in [0.15, 0.2) is 0 Å². The Morgan fingerprint density at radius 2 is 1.46 bits per heavy atom. The molecular weight excluding hydrogens is 438 g/mol. The molecule has 2 amide bonds. The number of ether oxygens (including phenoxy) is 1. The summed E-state index contributed by atoms with van der Waals surface area (Å²) in [5.41, 5.74) is 8.99. The highest BCUT2D eigenvalue weighted by Crippen LogP contribution is 2.35. The molecule has 6 heteroatoms. The van der Waals surface area contributed by atoms with Crippen molar-refractivity contribution < 1.29 is 14.3 Å². The first-order valence-electron chi connectivity index (χ1n) is 11.9. The Hall–Kier alpha value is -3.64. The highest BCUT2D eigenvalue weighted by atomic mass is 16.6. The van der Waals surface area contributed by atoms with Crippen molar-refractivity contribution in [2.75, 3.05) is 5.32 Å². The molecule has 0 saturated carbocycles. The van der Waals surface area contributed by atoms with Crippen molar-refractivity contribution in [3.05, 3.63) is 102 Å². The number of nitrogens with two attached hydrogens (primary N) is 1. The molecule has 0 aliphatic carbocycles. The second-order valence-corrected chi connectivity index (χ2v) is 9.68. The molecule has 0 saturated heterocycles. The summed E-state index contributed by atoms with van der Waals surface area (Å²) in [7, 11) is 0. The molecule has 3 N–H and O–H groups in total. The van der Waals surface area contributed by atoms with E-state index in [1.807, 2.05) is 81.4 Å². The molecular formula is C29H35N3O3. The molecule has 3 rings (SSSR count). The number of rotatable bonds is 9. The minimum Gasteiger partial charge on any atom is -0.444 e. The fourth-order valence-electron chi connectivity index (χ4n) is 4.06. The molecule has 0 spiro atoms. The van der Waals surface area contributed by atoms with Crippen molar-refractivity contribution in [3.8, 4) is 0 Å². The van der Waals surface area contributed by atoms with Crippen LogP contribution >= 0.6 is 0 Å². The van der Waals surface area contributed by atoms with Crippen LogP contribution in [0, 0.1) is 0 Å². The van der Waals surface area contributed by atoms with Gasteiger partial charge in [-0.15, -0.1) is 0 Å². The van der Waals surface area contributed by atoms with Gasteiger partial charge in [-0.1, -0.05) is 72.8 Å². The number of benzene rings is 3. The van der Waals surface area contributed by atoms with E-state index in [9.17, 15) is 9.59 Å². The van der Waals surface area contributed by atoms with Gasteiger partial charge >= 0.3 is 6.09 Å². The van der Waals surface area contributed by atoms with Crippen molar-refractivity contribution in [3.63, 3.8) is 0 Å². The van der Waals surface area contributed by atoms with Crippen LogP contribution in [0.15, 0.2) is 84.9 Å². The van der Waals surface area contributed by atoms with Gasteiger partial charge in [-0.25, -0.2) is 4.79 Å². The van der Waals surface area contributed by atoms with E-state index >= 15 is 0 Å². The topological polar surface area (TPSA) is 84.7 Å². The van der Waals surface area contributed by atoms with Gasteiger partial charge in [-0.2, -0.15) is 0 Å². The number of carbonyl (C=O) groups excluding carboxylic acids is 2. The number of hydrogen-bond acceptors (Lipinski definition) is 4. The van der Waals surface area contributed by atoms with E-state index in [0.717, 1.165) is 16.7 Å². The fourth-order valence-corrected chi connectivity index (χ4v) is 4.06. The van der Waals surface area contributed by atoms with Crippen LogP contribution in [-0.2, 0) is 16.1 Å². The van der Waals surface area contributed by atoms with Crippen molar-refractivity contribution in [2.24, 2.45) is 5.73 Å². The van der Waals surface area contributed by atoms with Crippen LogP contribution < -0.4 is 11.1 Å². The number of hydrogen-bond donors (Lipinski definition) is 2. The first-order chi connectivity index (χ1) is 16.6. The SMILES string of the molecule is C[C@H](c1ccccc1)N(Cc1ccccc1)[C@@H](CC(N)=O)c1ccc(NC(=O)OC(C)(C)C)cc1. The highest BCUT2D eigenvalue weighted by Gasteiger charge is 2.28. The lowest BCUT2D eigenvalue weighted by molar-refractivity contribution is -0.119. The Balaban J connectivity index is 1.92. The van der Waals surface area contributed by atoms with Gasteiger partial charge in [-0.05, 0) is 56.5 Å². The predicted molar refractivity (Wildman–Crippen MR) is 140 cm³/mol. The van der Waals surface area contributed by atoms with Gasteiger partial charge in [0.25, 0.3) is 0 Å². The van der Waals surface area contributed by atoms with E-state index < -0.39 is 11.7 Å². The lowest BCUT2D eigenvalue weighted by atomic mass is 9.96. The van der Waals surface area contributed by atoms with E-state index in [4.69, 9.17) is 10.5 Å². The number of carbonyl (C=O) groups is 2. The fraction of sp³-hybridized carbons (Fsp3) is 0.310. The molecule has 0 unspecified atom stereocenters. The minimum absolute atomic E-state index is 0.0281. The average Bonchev–Trinajstić information content (AvgIpc) is 2.81. The molecule has 184 valence electrons. The molecule has 2 atom stereocenters. The third-order valence-corrected chi connectivity index (χ3v) is 5.72. The van der Waals surface area contributed by atoms with Crippen LogP contribution in [0.5, 0.6) is 0 Å². The summed E-state index contributed by atoms with van der Waals surface area (Å²) in [4.78, 5) is 26.6. The number of anilines is 1. The van der Waals surface area contributed by atoms with Gasteiger partial charge in [0.1, 0.15) is 5.60 Å². The molecule has 3 aromatic rings. The molecule has 0 heterocycles. The third-order valence-electron chi connectivity index (χ3n) is 5.72. The summed E-state index contributed by atoms with van der Waals surface area (Å²) in [5.74, 6) is -0.371. The average molecular weight is 474 g/mol. The first-order valence-corrected chi connectivity index (χ1v) is 11.9. The zero-order valence-electron chi connectivity index (χ0n) is 20.9. The van der Waals surface area contributed by atoms with Crippen LogP contribution in [0.4, 0.5) is 10.5 Å². The zero-order valence-corrected chi connectivity index (χ0v) is 20.9. The van der Waals surface area contributed by atoms with Gasteiger partial charge in [0.2, 0.25) is 5.91 Å². The molecule has 0 bridgehead atoms. The Labute approximate surface area is 208 Å². The Morgan fingerprint density at radius 1 is 0.886 bits per heavy atom. The molecule has 3 aromatic carbocycles. The number of nitrogens with zero attached hydrogens (tertiary/aromatic N) is 1. The normalized spacial score (nSPS) is 13.2. The van der Waals surface area contributed by atoms with E-state index in [2.05, 4.69) is 41.4 Å². The molecule has 6 nitrogen and oxygen atoms in total. The predicted octanol–water partition coefficient (Wildman–Crippen LogP) is 6.21. The van der Waals surface area contributed by atoms with Crippen LogP contribution in [0.3, 0.4) is 0 Å². The zero-order chi connectivity index (χ0) is 25.4. The van der Waals surface area contributed by atoms with Gasteiger partial charge in [0, 0.05) is 30.7 Å². The van der Waals surface area contributed by atoms with E-state index in [1.165, 1.54) is 0 Å². The maximum absolute atomic E-state index is 12.2. The third kappa shape index (κ3) is 7.97. The number of primary amides is 1. The van der Waals surface area contributed by atoms with Gasteiger partial charge in [0.05, 0.1) is 0 Å². The van der Waals surface area contributed by atoms with Crippen molar-refractivity contribution in [1.29, 1.82) is 0 Å². The maximum atomic E-state index is 12.2. The summed E-state index contributed by atoms with van der Waals surface area (Å²) in [6.07, 6.45) is -0.342. The lowest BCUT2D eigenvalue weighted by Crippen LogP contribution is -2.34. The molecule has 0 fully saturated rings. The van der Waals surface area contributed by atoms with Crippen LogP contribution in [-0.4, -0.2) is 22.5 Å². The van der Waals surface area contributed by atoms with Crippen LogP contribution in [0.1, 0.15) is 62.9 Å². The summed E-state index contributed by atoms with van der Waals surface area (Å²) in [5, 5.41) is 2.76. The highest BCUT2D eigenvalue weighted by molar-refractivity contribution is 5.84. The molecule has 0 radical (unpaired) electrons. The van der Waals surface area contributed by atoms with Gasteiger partial charge < -0.3 is 10.5 Å². The summed E-state index contributed by atoms with van der Waals surface area (Å²) in [6.45, 7) is 8.25. The smallest absolute Gasteiger partial charge is 0.412 e. The lowest BCUT2D eigenvalue weighted by Gasteiger charge is -2.37. The van der Waals surface area contributed by atoms with Gasteiger partial charge in [-0.3, -0.25) is 15.0 Å². The molecule has 0 aliphatic heterocycles. The standard InChI is InChI=1S/C29H35N3O3/c1-21(23-13-9-6-10-14-23)32(20-22-11-7-5-8-12-22)26(19-27(30)33)24-15-17-25(18-16-24)31-28(34)35-29(2,3)4/h5-18,21,26H,19-20H2,1-4H3,(H2,30,33)(H,31,34)/t21-,26+/m1/s1. The van der Waals surface area contributed by atoms with E-state index in [1.54, 1.807) is 0 Å². The summed E-state index contributed by atoms with van der Waals surface area (Å²) < 4.78 is 5.34. The minimum atomic E-state index is -0.581. The van der Waals surface area contributed by atoms with Crippen molar-refractivity contribution >= 4 is 17.7 Å². The quantitative estimate of drug-likeness (QED) is 0.387. The second kappa shape index (κ2) is 11.7.